The third-order valence-corrected chi connectivity index (χ3v) is 4.25. The molecule has 1 fully saturated rings. The zero-order chi connectivity index (χ0) is 13.1. The lowest BCUT2D eigenvalue weighted by Crippen LogP contribution is -2.42. The summed E-state index contributed by atoms with van der Waals surface area (Å²) >= 11 is 1.62. The van der Waals surface area contributed by atoms with E-state index < -0.39 is 11.9 Å². The molecule has 1 aromatic heterocycles. The smallest absolute Gasteiger partial charge is 0.308 e. The minimum absolute atomic E-state index is 0.0443. The molecule has 1 atom stereocenters. The van der Waals surface area contributed by atoms with Gasteiger partial charge in [0.1, 0.15) is 0 Å². The van der Waals surface area contributed by atoms with Crippen molar-refractivity contribution in [3.63, 3.8) is 0 Å². The summed E-state index contributed by atoms with van der Waals surface area (Å²) in [5.74, 6) is -1.14. The van der Waals surface area contributed by atoms with Gasteiger partial charge >= 0.3 is 5.97 Å². The molecule has 1 amide bonds. The largest absolute Gasteiger partial charge is 0.481 e. The first-order valence-corrected chi connectivity index (χ1v) is 6.94. The van der Waals surface area contributed by atoms with Gasteiger partial charge in [-0.05, 0) is 31.9 Å². The molecule has 18 heavy (non-hydrogen) atoms. The van der Waals surface area contributed by atoms with Gasteiger partial charge in [0, 0.05) is 22.8 Å². The van der Waals surface area contributed by atoms with Gasteiger partial charge in [-0.3, -0.25) is 9.59 Å². The maximum absolute atomic E-state index is 12.1. The first kappa shape index (κ1) is 13.1. The number of carbonyl (C=O) groups excluding carboxylic acids is 1. The number of carboxylic acid groups (broad SMARTS) is 1. The van der Waals surface area contributed by atoms with Crippen molar-refractivity contribution < 1.29 is 14.7 Å². The highest BCUT2D eigenvalue weighted by molar-refractivity contribution is 7.12. The van der Waals surface area contributed by atoms with Crippen LogP contribution in [0.4, 0.5) is 0 Å². The van der Waals surface area contributed by atoms with Crippen molar-refractivity contribution in [2.75, 3.05) is 13.1 Å². The second-order valence-electron chi connectivity index (χ2n) is 4.71. The van der Waals surface area contributed by atoms with Crippen LogP contribution in [0.2, 0.25) is 0 Å². The van der Waals surface area contributed by atoms with Gasteiger partial charge in [-0.2, -0.15) is 0 Å². The lowest BCUT2D eigenvalue weighted by atomic mass is 9.98. The van der Waals surface area contributed by atoms with Crippen LogP contribution in [0.1, 0.15) is 22.6 Å². The van der Waals surface area contributed by atoms with Crippen LogP contribution >= 0.6 is 11.3 Å². The number of aryl methyl sites for hydroxylation is 1. The van der Waals surface area contributed by atoms with Gasteiger partial charge in [0.2, 0.25) is 5.91 Å². The van der Waals surface area contributed by atoms with Gasteiger partial charge in [-0.15, -0.1) is 11.3 Å². The van der Waals surface area contributed by atoms with E-state index in [1.54, 1.807) is 16.2 Å². The summed E-state index contributed by atoms with van der Waals surface area (Å²) in [4.78, 5) is 27.0. The predicted molar refractivity (Wildman–Crippen MR) is 69.7 cm³/mol. The Balaban J connectivity index is 1.94. The van der Waals surface area contributed by atoms with Crippen LogP contribution in [-0.2, 0) is 16.0 Å². The Morgan fingerprint density at radius 1 is 1.50 bits per heavy atom. The Hall–Kier alpha value is -1.36. The Bertz CT molecular complexity index is 455. The fourth-order valence-corrected chi connectivity index (χ4v) is 3.13. The molecule has 2 heterocycles. The number of hydrogen-bond acceptors (Lipinski definition) is 3. The van der Waals surface area contributed by atoms with Gasteiger partial charge < -0.3 is 10.0 Å². The van der Waals surface area contributed by atoms with Gasteiger partial charge in [0.15, 0.2) is 0 Å². The molecule has 0 bridgehead atoms. The molecule has 2 rings (SSSR count). The molecule has 1 saturated heterocycles. The molecule has 98 valence electrons. The van der Waals surface area contributed by atoms with Gasteiger partial charge in [-0.1, -0.05) is 0 Å². The van der Waals surface area contributed by atoms with Gasteiger partial charge in [0.25, 0.3) is 0 Å². The second-order valence-corrected chi connectivity index (χ2v) is 6.08. The van der Waals surface area contributed by atoms with Crippen molar-refractivity contribution >= 4 is 23.2 Å². The van der Waals surface area contributed by atoms with E-state index in [0.717, 1.165) is 11.3 Å². The summed E-state index contributed by atoms with van der Waals surface area (Å²) in [5, 5.41) is 8.99. The van der Waals surface area contributed by atoms with Crippen molar-refractivity contribution in [1.82, 2.24) is 4.90 Å². The van der Waals surface area contributed by atoms with Crippen molar-refractivity contribution in [2.45, 2.75) is 26.2 Å². The zero-order valence-corrected chi connectivity index (χ0v) is 11.2. The first-order chi connectivity index (χ1) is 8.56. The minimum Gasteiger partial charge on any atom is -0.481 e. The summed E-state index contributed by atoms with van der Waals surface area (Å²) in [7, 11) is 0. The second kappa shape index (κ2) is 5.52. The summed E-state index contributed by atoms with van der Waals surface area (Å²) in [6.45, 7) is 3.06. The standard InChI is InChI=1S/C13H17NO3S/c1-9-4-5-11(18-9)7-12(15)14-6-2-3-10(8-14)13(16)17/h4-5,10H,2-3,6-8H2,1H3,(H,16,17)/t10-/m0/s1. The number of carboxylic acids is 1. The zero-order valence-electron chi connectivity index (χ0n) is 10.4. The highest BCUT2D eigenvalue weighted by Crippen LogP contribution is 2.20. The quantitative estimate of drug-likeness (QED) is 0.910. The van der Waals surface area contributed by atoms with E-state index in [1.165, 1.54) is 4.88 Å². The molecule has 0 saturated carbocycles. The molecule has 4 nitrogen and oxygen atoms in total. The minimum atomic E-state index is -0.792. The molecule has 1 aliphatic rings. The number of likely N-dealkylation sites (tertiary alicyclic amines) is 1. The molecule has 0 radical (unpaired) electrons. The number of thiophene rings is 1. The maximum Gasteiger partial charge on any atom is 0.308 e. The van der Waals surface area contributed by atoms with Gasteiger partial charge in [-0.25, -0.2) is 0 Å². The van der Waals surface area contributed by atoms with Crippen LogP contribution < -0.4 is 0 Å². The summed E-state index contributed by atoms with van der Waals surface area (Å²) in [5.41, 5.74) is 0. The fraction of sp³-hybridized carbons (Fsp3) is 0.538. The van der Waals surface area contributed by atoms with Crippen molar-refractivity contribution in [1.29, 1.82) is 0 Å². The molecule has 1 aliphatic heterocycles. The van der Waals surface area contributed by atoms with Crippen molar-refractivity contribution in [3.8, 4) is 0 Å². The molecule has 5 heteroatoms. The van der Waals surface area contributed by atoms with E-state index in [4.69, 9.17) is 5.11 Å². The molecular weight excluding hydrogens is 250 g/mol. The third-order valence-electron chi connectivity index (χ3n) is 3.24. The average Bonchev–Trinajstić information content (AvgIpc) is 2.75. The van der Waals surface area contributed by atoms with E-state index in [-0.39, 0.29) is 5.91 Å². The van der Waals surface area contributed by atoms with Crippen LogP contribution in [0.3, 0.4) is 0 Å². The third kappa shape index (κ3) is 3.10. The van der Waals surface area contributed by atoms with Crippen LogP contribution in [-0.4, -0.2) is 35.0 Å². The summed E-state index contributed by atoms with van der Waals surface area (Å²) in [6, 6.07) is 3.97. The molecule has 1 aromatic rings. The van der Waals surface area contributed by atoms with Crippen LogP contribution in [0.5, 0.6) is 0 Å². The van der Waals surface area contributed by atoms with Crippen molar-refractivity contribution in [2.24, 2.45) is 5.92 Å². The molecule has 1 N–H and O–H groups in total. The van der Waals surface area contributed by atoms with E-state index in [1.807, 2.05) is 19.1 Å². The number of aliphatic carboxylic acids is 1. The molecule has 0 aromatic carbocycles. The fourth-order valence-electron chi connectivity index (χ4n) is 2.25. The maximum atomic E-state index is 12.1. The number of hydrogen-bond donors (Lipinski definition) is 1. The normalized spacial score (nSPS) is 19.8. The number of nitrogens with zero attached hydrogens (tertiary/aromatic N) is 1. The number of rotatable bonds is 3. The summed E-state index contributed by atoms with van der Waals surface area (Å²) in [6.07, 6.45) is 1.86. The number of amides is 1. The lowest BCUT2D eigenvalue weighted by Gasteiger charge is -2.30. The Labute approximate surface area is 110 Å². The van der Waals surface area contributed by atoms with Gasteiger partial charge in [0.05, 0.1) is 12.3 Å². The molecular formula is C13H17NO3S. The predicted octanol–water partition coefficient (Wildman–Crippen LogP) is 1.92. The van der Waals surface area contributed by atoms with Crippen LogP contribution in [0.25, 0.3) is 0 Å². The molecule has 0 aliphatic carbocycles. The van der Waals surface area contributed by atoms with E-state index in [9.17, 15) is 9.59 Å². The highest BCUT2D eigenvalue weighted by Gasteiger charge is 2.28. The Morgan fingerprint density at radius 3 is 2.89 bits per heavy atom. The number of carbonyl (C=O) groups is 2. The van der Waals surface area contributed by atoms with E-state index in [0.29, 0.717) is 25.9 Å². The average molecular weight is 267 g/mol. The van der Waals surface area contributed by atoms with Crippen molar-refractivity contribution in [3.05, 3.63) is 21.9 Å². The molecule has 0 unspecified atom stereocenters. The summed E-state index contributed by atoms with van der Waals surface area (Å²) < 4.78 is 0. The lowest BCUT2D eigenvalue weighted by molar-refractivity contribution is -0.145. The SMILES string of the molecule is Cc1ccc(CC(=O)N2CCC[C@H](C(=O)O)C2)s1. The molecule has 0 spiro atoms. The van der Waals surface area contributed by atoms with Crippen LogP contribution in [0.15, 0.2) is 12.1 Å². The number of piperidine rings is 1. The monoisotopic (exact) mass is 267 g/mol. The van der Waals surface area contributed by atoms with Crippen LogP contribution in [0, 0.1) is 12.8 Å². The van der Waals surface area contributed by atoms with E-state index >= 15 is 0 Å². The Kier molecular flexibility index (Phi) is 4.01. The Morgan fingerprint density at radius 2 is 2.28 bits per heavy atom. The highest BCUT2D eigenvalue weighted by atomic mass is 32.1. The first-order valence-electron chi connectivity index (χ1n) is 6.12. The van der Waals surface area contributed by atoms with E-state index in [2.05, 4.69) is 0 Å². The topological polar surface area (TPSA) is 57.6 Å².